The predicted octanol–water partition coefficient (Wildman–Crippen LogP) is 2.91. The minimum absolute atomic E-state index is 0.131. The molecule has 28 heavy (non-hydrogen) atoms. The fraction of sp³-hybridized carbons (Fsp3) is 0.476. The van der Waals surface area contributed by atoms with Gasteiger partial charge in [0.2, 0.25) is 0 Å². The van der Waals surface area contributed by atoms with Crippen LogP contribution in [0.2, 0.25) is 0 Å². The normalized spacial score (nSPS) is 12.0. The minimum atomic E-state index is -0.906. The van der Waals surface area contributed by atoms with Crippen molar-refractivity contribution in [2.75, 3.05) is 6.61 Å². The molecule has 2 rings (SSSR count). The van der Waals surface area contributed by atoms with Gasteiger partial charge in [-0.15, -0.1) is 0 Å². The van der Waals surface area contributed by atoms with E-state index >= 15 is 0 Å². The van der Waals surface area contributed by atoms with E-state index in [-0.39, 0.29) is 5.56 Å². The number of ether oxygens (including phenoxy) is 1. The summed E-state index contributed by atoms with van der Waals surface area (Å²) in [6, 6.07) is 4.95. The van der Waals surface area contributed by atoms with E-state index in [1.807, 2.05) is 39.0 Å². The van der Waals surface area contributed by atoms with Gasteiger partial charge in [0, 0.05) is 12.1 Å². The van der Waals surface area contributed by atoms with Gasteiger partial charge < -0.3 is 20.1 Å². The predicted molar refractivity (Wildman–Crippen MR) is 109 cm³/mol. The van der Waals surface area contributed by atoms with Gasteiger partial charge in [-0.3, -0.25) is 9.59 Å². The largest absolute Gasteiger partial charge is 0.493 e. The Morgan fingerprint density at radius 1 is 1.29 bits per heavy atom. The first-order valence-corrected chi connectivity index (χ1v) is 9.75. The quantitative estimate of drug-likeness (QED) is 0.579. The molecule has 0 aliphatic rings. The highest BCUT2D eigenvalue weighted by Crippen LogP contribution is 2.29. The summed E-state index contributed by atoms with van der Waals surface area (Å²) in [6.45, 7) is 8.48. The van der Waals surface area contributed by atoms with Crippen LogP contribution in [-0.2, 0) is 24.2 Å². The van der Waals surface area contributed by atoms with Crippen LogP contribution < -0.4 is 15.6 Å². The molecule has 0 bridgehead atoms. The lowest BCUT2D eigenvalue weighted by atomic mass is 10.1. The van der Waals surface area contributed by atoms with Crippen LogP contribution in [-0.4, -0.2) is 33.7 Å². The molecule has 3 N–H and O–H groups in total. The van der Waals surface area contributed by atoms with Crippen molar-refractivity contribution in [2.24, 2.45) is 0 Å². The number of hydrogen-bond donors (Lipinski definition) is 3. The number of aryl methyl sites for hydroxylation is 1. The number of aromatic amines is 1. The first-order valence-electron chi connectivity index (χ1n) is 9.75. The summed E-state index contributed by atoms with van der Waals surface area (Å²) in [5.74, 6) is 0.210. The Morgan fingerprint density at radius 3 is 2.64 bits per heavy atom. The van der Waals surface area contributed by atoms with Gasteiger partial charge in [-0.05, 0) is 43.9 Å². The number of aliphatic carboxylic acids is 1. The summed E-state index contributed by atoms with van der Waals surface area (Å²) < 4.78 is 5.85. The number of rotatable bonds is 10. The first kappa shape index (κ1) is 21.6. The monoisotopic (exact) mass is 387 g/mol. The Kier molecular flexibility index (Phi) is 7.75. The summed E-state index contributed by atoms with van der Waals surface area (Å²) >= 11 is 0. The number of nitrogens with zero attached hydrogens (tertiary/aromatic N) is 1. The molecule has 1 aromatic carbocycles. The van der Waals surface area contributed by atoms with Crippen molar-refractivity contribution in [3.8, 4) is 17.1 Å². The van der Waals surface area contributed by atoms with Gasteiger partial charge in [0.05, 0.1) is 17.9 Å². The van der Waals surface area contributed by atoms with Gasteiger partial charge in [-0.2, -0.15) is 0 Å². The van der Waals surface area contributed by atoms with E-state index in [2.05, 4.69) is 15.3 Å². The second-order valence-electron chi connectivity index (χ2n) is 6.67. The van der Waals surface area contributed by atoms with Crippen LogP contribution in [0.3, 0.4) is 0 Å². The molecule has 0 radical (unpaired) electrons. The second-order valence-corrected chi connectivity index (χ2v) is 6.67. The molecule has 0 aliphatic heterocycles. The fourth-order valence-electron chi connectivity index (χ4n) is 2.90. The number of benzene rings is 1. The lowest BCUT2D eigenvalue weighted by Crippen LogP contribution is -2.33. The number of carboxylic acid groups (broad SMARTS) is 1. The maximum atomic E-state index is 12.5. The fourth-order valence-corrected chi connectivity index (χ4v) is 2.90. The van der Waals surface area contributed by atoms with Gasteiger partial charge >= 0.3 is 5.97 Å². The van der Waals surface area contributed by atoms with Crippen molar-refractivity contribution in [3.05, 3.63) is 45.4 Å². The number of H-pyrrole nitrogens is 1. The molecule has 152 valence electrons. The van der Waals surface area contributed by atoms with Crippen LogP contribution in [0.25, 0.3) is 11.4 Å². The van der Waals surface area contributed by atoms with E-state index in [0.29, 0.717) is 48.7 Å². The summed E-state index contributed by atoms with van der Waals surface area (Å²) in [4.78, 5) is 31.1. The Morgan fingerprint density at radius 2 is 2.04 bits per heavy atom. The number of nitrogens with one attached hydrogen (secondary N) is 2. The van der Waals surface area contributed by atoms with Crippen LogP contribution in [0.5, 0.6) is 5.75 Å². The van der Waals surface area contributed by atoms with E-state index in [1.54, 1.807) is 6.92 Å². The molecule has 1 aromatic heterocycles. The van der Waals surface area contributed by atoms with E-state index in [0.717, 1.165) is 17.7 Å². The highest BCUT2D eigenvalue weighted by molar-refractivity contribution is 5.72. The SMILES string of the molecule is CCCOc1ccc(CNC(C)C(=O)O)cc1-c1nc(CC)c(CC)c(=O)[nH]1. The lowest BCUT2D eigenvalue weighted by Gasteiger charge is -2.15. The van der Waals surface area contributed by atoms with Gasteiger partial charge in [-0.1, -0.05) is 26.8 Å². The standard InChI is InChI=1S/C21H29N3O4/c1-5-10-28-18-9-8-14(12-22-13(4)21(26)27)11-16(18)19-23-17(7-3)15(6-2)20(25)24-19/h8-9,11,13,22H,5-7,10,12H2,1-4H3,(H,26,27)(H,23,24,25). The molecule has 0 spiro atoms. The number of aromatic nitrogens is 2. The molecule has 1 unspecified atom stereocenters. The summed E-state index contributed by atoms with van der Waals surface area (Å²) in [5.41, 5.74) is 2.94. The molecule has 7 heteroatoms. The molecule has 7 nitrogen and oxygen atoms in total. The number of hydrogen-bond acceptors (Lipinski definition) is 5. The molecule has 0 saturated heterocycles. The zero-order valence-corrected chi connectivity index (χ0v) is 17.0. The molecule has 2 aromatic rings. The third-order valence-corrected chi connectivity index (χ3v) is 4.53. The molecule has 1 atom stereocenters. The van der Waals surface area contributed by atoms with Gasteiger partial charge in [0.15, 0.2) is 0 Å². The van der Waals surface area contributed by atoms with E-state index in [4.69, 9.17) is 9.84 Å². The zero-order valence-electron chi connectivity index (χ0n) is 17.0. The molecule has 0 aliphatic carbocycles. The maximum absolute atomic E-state index is 12.5. The summed E-state index contributed by atoms with van der Waals surface area (Å²) in [7, 11) is 0. The highest BCUT2D eigenvalue weighted by atomic mass is 16.5. The maximum Gasteiger partial charge on any atom is 0.320 e. The Balaban J connectivity index is 2.47. The molecular weight excluding hydrogens is 358 g/mol. The molecular formula is C21H29N3O4. The van der Waals surface area contributed by atoms with Crippen molar-refractivity contribution in [1.29, 1.82) is 0 Å². The summed E-state index contributed by atoms with van der Waals surface area (Å²) in [6.07, 6.45) is 2.16. The molecule has 0 amide bonds. The van der Waals surface area contributed by atoms with Gasteiger partial charge in [-0.25, -0.2) is 4.98 Å². The average Bonchev–Trinajstić information content (AvgIpc) is 2.69. The third-order valence-electron chi connectivity index (χ3n) is 4.53. The van der Waals surface area contributed by atoms with Crippen LogP contribution >= 0.6 is 0 Å². The van der Waals surface area contributed by atoms with Crippen LogP contribution in [0.15, 0.2) is 23.0 Å². The zero-order chi connectivity index (χ0) is 20.7. The average molecular weight is 387 g/mol. The van der Waals surface area contributed by atoms with E-state index < -0.39 is 12.0 Å². The van der Waals surface area contributed by atoms with Crippen molar-refractivity contribution >= 4 is 5.97 Å². The Hall–Kier alpha value is -2.67. The van der Waals surface area contributed by atoms with E-state index in [9.17, 15) is 9.59 Å². The molecule has 0 fully saturated rings. The Labute approximate surface area is 165 Å². The van der Waals surface area contributed by atoms with Gasteiger partial charge in [0.1, 0.15) is 17.6 Å². The first-order chi connectivity index (χ1) is 13.4. The third kappa shape index (κ3) is 5.19. The molecule has 0 saturated carbocycles. The van der Waals surface area contributed by atoms with Crippen LogP contribution in [0, 0.1) is 0 Å². The van der Waals surface area contributed by atoms with E-state index in [1.165, 1.54) is 0 Å². The molecule has 1 heterocycles. The number of carbonyl (C=O) groups is 1. The minimum Gasteiger partial charge on any atom is -0.493 e. The van der Waals surface area contributed by atoms with Crippen molar-refractivity contribution in [1.82, 2.24) is 15.3 Å². The Bertz CT molecular complexity index is 876. The van der Waals surface area contributed by atoms with Crippen molar-refractivity contribution < 1.29 is 14.6 Å². The van der Waals surface area contributed by atoms with Crippen LogP contribution in [0.1, 0.15) is 50.9 Å². The van der Waals surface area contributed by atoms with Crippen molar-refractivity contribution in [2.45, 2.75) is 59.5 Å². The lowest BCUT2D eigenvalue weighted by molar-refractivity contribution is -0.139. The summed E-state index contributed by atoms with van der Waals surface area (Å²) in [5, 5.41) is 12.0. The van der Waals surface area contributed by atoms with Crippen molar-refractivity contribution in [3.63, 3.8) is 0 Å². The highest BCUT2D eigenvalue weighted by Gasteiger charge is 2.15. The van der Waals surface area contributed by atoms with Gasteiger partial charge in [0.25, 0.3) is 5.56 Å². The van der Waals surface area contributed by atoms with Crippen LogP contribution in [0.4, 0.5) is 0 Å². The second kappa shape index (κ2) is 10.0. The number of carboxylic acids is 1. The topological polar surface area (TPSA) is 104 Å². The smallest absolute Gasteiger partial charge is 0.320 e.